The second kappa shape index (κ2) is 8.09. The second-order valence-electron chi connectivity index (χ2n) is 6.31. The Morgan fingerprint density at radius 2 is 1.80 bits per heavy atom. The lowest BCUT2D eigenvalue weighted by Gasteiger charge is -2.34. The number of carboxylic acids is 1. The topological polar surface area (TPSA) is 72.9 Å². The molecule has 0 aromatic rings. The molecule has 0 radical (unpaired) electrons. The van der Waals surface area contributed by atoms with Crippen molar-refractivity contribution in [2.75, 3.05) is 26.7 Å². The first-order chi connectivity index (χ1) is 9.05. The number of aliphatic carboxylic acids is 1. The molecule has 0 aromatic carbocycles. The van der Waals surface area contributed by atoms with Crippen molar-refractivity contribution in [3.05, 3.63) is 0 Å². The molecular weight excluding hydrogens is 258 g/mol. The summed E-state index contributed by atoms with van der Waals surface area (Å²) in [5, 5.41) is 11.7. The number of rotatable bonds is 7. The smallest absolute Gasteiger partial charge is 0.323 e. The molecule has 20 heavy (non-hydrogen) atoms. The van der Waals surface area contributed by atoms with E-state index in [-0.39, 0.29) is 12.6 Å². The Hall–Kier alpha value is -1.30. The van der Waals surface area contributed by atoms with E-state index in [9.17, 15) is 9.59 Å². The molecule has 0 atom stereocenters. The van der Waals surface area contributed by atoms with Gasteiger partial charge in [0.15, 0.2) is 0 Å². The molecule has 0 spiro atoms. The molecule has 118 valence electrons. The molecule has 6 nitrogen and oxygen atoms in total. The predicted octanol–water partition coefficient (Wildman–Crippen LogP) is 1.61. The summed E-state index contributed by atoms with van der Waals surface area (Å²) in [6, 6.07) is 0.149. The van der Waals surface area contributed by atoms with Crippen molar-refractivity contribution in [1.82, 2.24) is 15.1 Å². The average Bonchev–Trinajstić information content (AvgIpc) is 2.29. The van der Waals surface area contributed by atoms with Crippen LogP contribution in [0.1, 0.15) is 41.0 Å². The third kappa shape index (κ3) is 7.33. The second-order valence-corrected chi connectivity index (χ2v) is 6.31. The van der Waals surface area contributed by atoms with Gasteiger partial charge < -0.3 is 20.2 Å². The largest absolute Gasteiger partial charge is 0.480 e. The van der Waals surface area contributed by atoms with Crippen molar-refractivity contribution in [3.8, 4) is 0 Å². The molecule has 0 unspecified atom stereocenters. The lowest BCUT2D eigenvalue weighted by molar-refractivity contribution is -0.138. The quantitative estimate of drug-likeness (QED) is 0.698. The minimum atomic E-state index is -1.00. The van der Waals surface area contributed by atoms with Crippen LogP contribution in [0.15, 0.2) is 0 Å². The summed E-state index contributed by atoms with van der Waals surface area (Å²) in [6.45, 7) is 10.8. The van der Waals surface area contributed by atoms with Gasteiger partial charge in [0.1, 0.15) is 6.54 Å². The van der Waals surface area contributed by atoms with Gasteiger partial charge in [0, 0.05) is 18.1 Å². The number of carboxylic acid groups (broad SMARTS) is 1. The number of hydrogen-bond donors (Lipinski definition) is 2. The van der Waals surface area contributed by atoms with Crippen LogP contribution >= 0.6 is 0 Å². The molecule has 0 aliphatic rings. The lowest BCUT2D eigenvalue weighted by Crippen LogP contribution is -2.52. The van der Waals surface area contributed by atoms with Crippen LogP contribution in [0.2, 0.25) is 0 Å². The Bertz CT molecular complexity index is 324. The molecule has 0 heterocycles. The van der Waals surface area contributed by atoms with E-state index in [4.69, 9.17) is 5.11 Å². The van der Waals surface area contributed by atoms with E-state index in [0.29, 0.717) is 12.6 Å². The zero-order chi connectivity index (χ0) is 15.9. The number of nitrogens with one attached hydrogen (secondary N) is 1. The molecule has 0 saturated heterocycles. The van der Waals surface area contributed by atoms with Crippen LogP contribution < -0.4 is 5.32 Å². The molecule has 0 aliphatic heterocycles. The number of urea groups is 1. The SMILES string of the molecule is CC(C)N(C)CCCNC(=O)N(CC(=O)O)C(C)(C)C. The molecule has 0 bridgehead atoms. The monoisotopic (exact) mass is 287 g/mol. The van der Waals surface area contributed by atoms with Crippen molar-refractivity contribution >= 4 is 12.0 Å². The van der Waals surface area contributed by atoms with Crippen LogP contribution in [0.3, 0.4) is 0 Å². The Labute approximate surface area is 122 Å². The summed E-state index contributed by atoms with van der Waals surface area (Å²) in [5.41, 5.74) is -0.517. The number of carbonyl (C=O) groups excluding carboxylic acids is 1. The van der Waals surface area contributed by atoms with Gasteiger partial charge in [-0.3, -0.25) is 4.79 Å². The number of hydrogen-bond acceptors (Lipinski definition) is 3. The number of nitrogens with zero attached hydrogens (tertiary/aromatic N) is 2. The summed E-state index contributed by atoms with van der Waals surface area (Å²) < 4.78 is 0. The molecule has 2 amide bonds. The standard InChI is InChI=1S/C14H29N3O3/c1-11(2)16(6)9-7-8-15-13(20)17(10-12(18)19)14(3,4)5/h11H,7-10H2,1-6H3,(H,15,20)(H,18,19). The molecule has 0 fully saturated rings. The maximum Gasteiger partial charge on any atom is 0.323 e. The number of amides is 2. The predicted molar refractivity (Wildman–Crippen MR) is 79.9 cm³/mol. The summed E-state index contributed by atoms with van der Waals surface area (Å²) in [6.07, 6.45) is 0.839. The van der Waals surface area contributed by atoms with Gasteiger partial charge in [0.2, 0.25) is 0 Å². The first-order valence-corrected chi connectivity index (χ1v) is 7.03. The average molecular weight is 287 g/mol. The Morgan fingerprint density at radius 3 is 2.20 bits per heavy atom. The zero-order valence-electron chi connectivity index (χ0n) is 13.6. The van der Waals surface area contributed by atoms with Crippen LogP contribution in [-0.4, -0.2) is 65.2 Å². The van der Waals surface area contributed by atoms with E-state index < -0.39 is 11.5 Å². The van der Waals surface area contributed by atoms with Crippen LogP contribution in [-0.2, 0) is 4.79 Å². The van der Waals surface area contributed by atoms with Crippen molar-refractivity contribution in [2.24, 2.45) is 0 Å². The third-order valence-corrected chi connectivity index (χ3v) is 3.19. The Balaban J connectivity index is 4.25. The molecule has 0 saturated carbocycles. The van der Waals surface area contributed by atoms with Gasteiger partial charge in [-0.05, 0) is 54.6 Å². The molecule has 0 aliphatic carbocycles. The molecule has 2 N–H and O–H groups in total. The van der Waals surface area contributed by atoms with Crippen molar-refractivity contribution in [3.63, 3.8) is 0 Å². The van der Waals surface area contributed by atoms with Crippen molar-refractivity contribution in [1.29, 1.82) is 0 Å². The van der Waals surface area contributed by atoms with Gasteiger partial charge in [-0.15, -0.1) is 0 Å². The van der Waals surface area contributed by atoms with Crippen LogP contribution in [0.25, 0.3) is 0 Å². The highest BCUT2D eigenvalue weighted by Crippen LogP contribution is 2.12. The van der Waals surface area contributed by atoms with E-state index in [1.165, 1.54) is 4.90 Å². The van der Waals surface area contributed by atoms with Gasteiger partial charge in [0.25, 0.3) is 0 Å². The van der Waals surface area contributed by atoms with E-state index in [1.54, 1.807) is 0 Å². The lowest BCUT2D eigenvalue weighted by atomic mass is 10.1. The third-order valence-electron chi connectivity index (χ3n) is 3.19. The van der Waals surface area contributed by atoms with E-state index in [0.717, 1.165) is 13.0 Å². The van der Waals surface area contributed by atoms with E-state index in [1.807, 2.05) is 27.8 Å². The van der Waals surface area contributed by atoms with Crippen LogP contribution in [0.4, 0.5) is 4.79 Å². The van der Waals surface area contributed by atoms with Gasteiger partial charge in [-0.2, -0.15) is 0 Å². The summed E-state index contributed by atoms with van der Waals surface area (Å²) in [5.74, 6) is -1.00. The van der Waals surface area contributed by atoms with Crippen LogP contribution in [0.5, 0.6) is 0 Å². The molecule has 6 heteroatoms. The fourth-order valence-corrected chi connectivity index (χ4v) is 1.63. The number of carbonyl (C=O) groups is 2. The first kappa shape index (κ1) is 18.7. The minimum Gasteiger partial charge on any atom is -0.480 e. The fraction of sp³-hybridized carbons (Fsp3) is 0.857. The highest BCUT2D eigenvalue weighted by Gasteiger charge is 2.28. The van der Waals surface area contributed by atoms with Gasteiger partial charge in [-0.25, -0.2) is 4.79 Å². The van der Waals surface area contributed by atoms with Crippen LogP contribution in [0, 0.1) is 0 Å². The zero-order valence-corrected chi connectivity index (χ0v) is 13.6. The highest BCUT2D eigenvalue weighted by atomic mass is 16.4. The van der Waals surface area contributed by atoms with Gasteiger partial charge in [-0.1, -0.05) is 0 Å². The maximum absolute atomic E-state index is 12.0. The fourth-order valence-electron chi connectivity index (χ4n) is 1.63. The van der Waals surface area contributed by atoms with Crippen molar-refractivity contribution < 1.29 is 14.7 Å². The molecule has 0 rings (SSSR count). The van der Waals surface area contributed by atoms with E-state index >= 15 is 0 Å². The Morgan fingerprint density at radius 1 is 1.25 bits per heavy atom. The maximum atomic E-state index is 12.0. The highest BCUT2D eigenvalue weighted by molar-refractivity contribution is 5.80. The van der Waals surface area contributed by atoms with Gasteiger partial charge in [0.05, 0.1) is 0 Å². The summed E-state index contributed by atoms with van der Waals surface area (Å²) >= 11 is 0. The minimum absolute atomic E-state index is 0.290. The first-order valence-electron chi connectivity index (χ1n) is 7.03. The normalized spacial score (nSPS) is 11.8. The van der Waals surface area contributed by atoms with Gasteiger partial charge >= 0.3 is 12.0 Å². The van der Waals surface area contributed by atoms with E-state index in [2.05, 4.69) is 24.1 Å². The molecular formula is C14H29N3O3. The molecule has 0 aromatic heterocycles. The summed E-state index contributed by atoms with van der Waals surface area (Å²) in [7, 11) is 2.04. The summed E-state index contributed by atoms with van der Waals surface area (Å²) in [4.78, 5) is 26.4. The Kier molecular flexibility index (Phi) is 7.57. The van der Waals surface area contributed by atoms with Crippen molar-refractivity contribution in [2.45, 2.75) is 52.6 Å².